The second-order valence-corrected chi connectivity index (χ2v) is 8.02. The Labute approximate surface area is 199 Å². The number of alkyl halides is 9. The average molecular weight is 510 g/mol. The van der Waals surface area contributed by atoms with Crippen molar-refractivity contribution in [3.63, 3.8) is 0 Å². The summed E-state index contributed by atoms with van der Waals surface area (Å²) in [7, 11) is 0. The second-order valence-electron chi connectivity index (χ2n) is 8.02. The summed E-state index contributed by atoms with van der Waals surface area (Å²) >= 11 is 0. The largest absolute Gasteiger partial charge is 0.416 e. The lowest BCUT2D eigenvalue weighted by atomic mass is 9.92. The van der Waals surface area contributed by atoms with E-state index in [0.717, 1.165) is 36.4 Å². The molecule has 186 valence electrons. The first-order chi connectivity index (χ1) is 16.7. The van der Waals surface area contributed by atoms with E-state index in [9.17, 15) is 39.5 Å². The van der Waals surface area contributed by atoms with Gasteiger partial charge in [0, 0.05) is 0 Å². The predicted octanol–water partition coefficient (Wildman–Crippen LogP) is 9.74. The van der Waals surface area contributed by atoms with Gasteiger partial charge in [0.25, 0.3) is 0 Å². The third-order valence-electron chi connectivity index (χ3n) is 5.57. The molecule has 0 amide bonds. The summed E-state index contributed by atoms with van der Waals surface area (Å²) < 4.78 is 117. The molecule has 0 radical (unpaired) electrons. The lowest BCUT2D eigenvalue weighted by molar-refractivity contribution is -0.138. The molecule has 4 aromatic carbocycles. The summed E-state index contributed by atoms with van der Waals surface area (Å²) in [4.78, 5) is 0. The van der Waals surface area contributed by atoms with E-state index in [1.54, 1.807) is 18.2 Å². The zero-order valence-corrected chi connectivity index (χ0v) is 18.1. The highest BCUT2D eigenvalue weighted by Crippen LogP contribution is 2.37. The Morgan fingerprint density at radius 2 is 0.472 bits per heavy atom. The standard InChI is InChI=1S/C27H15F9/c28-25(29,30)22-7-1-16(2-8-22)19-13-20(17-3-9-23(10-4-17)26(31,32)33)15-21(14-19)18-5-11-24(12-6-18)27(34,35)36/h1-15H. The number of hydrogen-bond acceptors (Lipinski definition) is 0. The van der Waals surface area contributed by atoms with Gasteiger partial charge in [-0.25, -0.2) is 0 Å². The van der Waals surface area contributed by atoms with Gasteiger partial charge in [0.05, 0.1) is 16.7 Å². The fourth-order valence-electron chi connectivity index (χ4n) is 3.68. The molecule has 0 heterocycles. The third-order valence-corrected chi connectivity index (χ3v) is 5.57. The lowest BCUT2D eigenvalue weighted by Crippen LogP contribution is -2.04. The number of hydrogen-bond donors (Lipinski definition) is 0. The fraction of sp³-hybridized carbons (Fsp3) is 0.111. The summed E-state index contributed by atoms with van der Waals surface area (Å²) in [6.45, 7) is 0. The molecule has 0 saturated carbocycles. The zero-order valence-electron chi connectivity index (χ0n) is 18.1. The minimum atomic E-state index is -4.54. The van der Waals surface area contributed by atoms with Gasteiger partial charge in [0.2, 0.25) is 0 Å². The molecule has 0 nitrogen and oxygen atoms in total. The first-order valence-corrected chi connectivity index (χ1v) is 10.4. The van der Waals surface area contributed by atoms with Crippen LogP contribution in [-0.2, 0) is 18.5 Å². The highest BCUT2D eigenvalue weighted by molar-refractivity contribution is 5.81. The molecule has 0 bridgehead atoms. The van der Waals surface area contributed by atoms with Gasteiger partial charge < -0.3 is 0 Å². The Balaban J connectivity index is 1.82. The van der Waals surface area contributed by atoms with Gasteiger partial charge in [-0.2, -0.15) is 39.5 Å². The van der Waals surface area contributed by atoms with Crippen molar-refractivity contribution in [3.8, 4) is 33.4 Å². The smallest absolute Gasteiger partial charge is 0.166 e. The molecule has 0 spiro atoms. The van der Waals surface area contributed by atoms with Gasteiger partial charge in [-0.1, -0.05) is 36.4 Å². The fourth-order valence-corrected chi connectivity index (χ4v) is 3.68. The van der Waals surface area contributed by atoms with Gasteiger partial charge in [0.1, 0.15) is 0 Å². The molecule has 0 N–H and O–H groups in total. The van der Waals surface area contributed by atoms with Crippen LogP contribution in [0.4, 0.5) is 39.5 Å². The molecule has 9 heteroatoms. The van der Waals surface area contributed by atoms with E-state index in [4.69, 9.17) is 0 Å². The quantitative estimate of drug-likeness (QED) is 0.241. The maximum absolute atomic E-state index is 13.0. The first-order valence-electron chi connectivity index (χ1n) is 10.4. The van der Waals surface area contributed by atoms with Crippen LogP contribution in [-0.4, -0.2) is 0 Å². The van der Waals surface area contributed by atoms with Crippen molar-refractivity contribution in [2.75, 3.05) is 0 Å². The van der Waals surface area contributed by atoms with E-state index in [-0.39, 0.29) is 0 Å². The molecule has 0 saturated heterocycles. The average Bonchev–Trinajstić information content (AvgIpc) is 2.82. The maximum Gasteiger partial charge on any atom is 0.416 e. The molecular formula is C27H15F9. The van der Waals surface area contributed by atoms with Gasteiger partial charge in [-0.3, -0.25) is 0 Å². The van der Waals surface area contributed by atoms with Crippen LogP contribution in [0.3, 0.4) is 0 Å². The monoisotopic (exact) mass is 510 g/mol. The van der Waals surface area contributed by atoms with Crippen molar-refractivity contribution < 1.29 is 39.5 Å². The van der Waals surface area contributed by atoms with Crippen molar-refractivity contribution in [1.82, 2.24) is 0 Å². The number of rotatable bonds is 3. The Morgan fingerprint density at radius 3 is 0.639 bits per heavy atom. The van der Waals surface area contributed by atoms with Gasteiger partial charge in [-0.05, 0) is 88.0 Å². The van der Waals surface area contributed by atoms with Crippen LogP contribution in [0, 0.1) is 0 Å². The van der Waals surface area contributed by atoms with Crippen LogP contribution in [0.1, 0.15) is 16.7 Å². The van der Waals surface area contributed by atoms with Crippen molar-refractivity contribution in [2.24, 2.45) is 0 Å². The van der Waals surface area contributed by atoms with Crippen molar-refractivity contribution >= 4 is 0 Å². The molecule has 4 rings (SSSR count). The number of halogens is 9. The highest BCUT2D eigenvalue weighted by Gasteiger charge is 2.31. The van der Waals surface area contributed by atoms with E-state index in [1.165, 1.54) is 36.4 Å². The van der Waals surface area contributed by atoms with Crippen LogP contribution in [0.5, 0.6) is 0 Å². The van der Waals surface area contributed by atoms with E-state index < -0.39 is 35.2 Å². The lowest BCUT2D eigenvalue weighted by Gasteiger charge is -2.14. The topological polar surface area (TPSA) is 0 Å². The Morgan fingerprint density at radius 1 is 0.278 bits per heavy atom. The summed E-state index contributed by atoms with van der Waals surface area (Å²) in [5.74, 6) is 0. The maximum atomic E-state index is 13.0. The Bertz CT molecular complexity index is 1160. The van der Waals surface area contributed by atoms with Gasteiger partial charge in [-0.15, -0.1) is 0 Å². The minimum Gasteiger partial charge on any atom is -0.166 e. The van der Waals surface area contributed by atoms with Crippen molar-refractivity contribution in [1.29, 1.82) is 0 Å². The molecule has 0 fully saturated rings. The van der Waals surface area contributed by atoms with Crippen molar-refractivity contribution in [2.45, 2.75) is 18.5 Å². The SMILES string of the molecule is FC(F)(F)c1ccc(-c2cc(-c3ccc(C(F)(F)F)cc3)cc(-c3ccc(C(F)(F)F)cc3)c2)cc1. The normalized spacial score (nSPS) is 12.6. The van der Waals surface area contributed by atoms with E-state index in [2.05, 4.69) is 0 Å². The van der Waals surface area contributed by atoms with Crippen LogP contribution >= 0.6 is 0 Å². The zero-order chi connectivity index (χ0) is 26.3. The molecular weight excluding hydrogens is 495 g/mol. The van der Waals surface area contributed by atoms with E-state index in [1.807, 2.05) is 0 Å². The summed E-state index contributed by atoms with van der Waals surface area (Å²) in [6.07, 6.45) is -13.6. The van der Waals surface area contributed by atoms with Crippen LogP contribution < -0.4 is 0 Å². The predicted molar refractivity (Wildman–Crippen MR) is 118 cm³/mol. The van der Waals surface area contributed by atoms with Crippen LogP contribution in [0.2, 0.25) is 0 Å². The highest BCUT2D eigenvalue weighted by atomic mass is 19.4. The molecule has 0 aliphatic heterocycles. The molecule has 0 aromatic heterocycles. The van der Waals surface area contributed by atoms with Gasteiger partial charge in [0.15, 0.2) is 0 Å². The second kappa shape index (κ2) is 9.04. The van der Waals surface area contributed by atoms with E-state index in [0.29, 0.717) is 33.4 Å². The molecule has 0 aliphatic carbocycles. The Kier molecular flexibility index (Phi) is 6.36. The van der Waals surface area contributed by atoms with Crippen LogP contribution in [0.25, 0.3) is 33.4 Å². The van der Waals surface area contributed by atoms with Crippen LogP contribution in [0.15, 0.2) is 91.0 Å². The van der Waals surface area contributed by atoms with Gasteiger partial charge >= 0.3 is 18.5 Å². The first kappa shape index (κ1) is 25.3. The van der Waals surface area contributed by atoms with Crippen molar-refractivity contribution in [3.05, 3.63) is 108 Å². The number of benzene rings is 4. The minimum absolute atomic E-state index is 0.393. The molecule has 36 heavy (non-hydrogen) atoms. The third kappa shape index (κ3) is 5.56. The summed E-state index contributed by atoms with van der Waals surface area (Å²) in [5.41, 5.74) is -0.0582. The molecule has 0 aliphatic rings. The van der Waals surface area contributed by atoms with E-state index >= 15 is 0 Å². The summed E-state index contributed by atoms with van der Waals surface area (Å²) in [6, 6.07) is 17.7. The summed E-state index contributed by atoms with van der Waals surface area (Å²) in [5, 5.41) is 0. The Hall–Kier alpha value is -3.75. The molecule has 4 aromatic rings. The molecule has 0 unspecified atom stereocenters. The molecule has 0 atom stereocenters.